The van der Waals surface area contributed by atoms with E-state index in [1.807, 2.05) is 30.5 Å². The molecule has 21 heavy (non-hydrogen) atoms. The highest BCUT2D eigenvalue weighted by Gasteiger charge is 2.12. The van der Waals surface area contributed by atoms with Crippen LogP contribution in [0.25, 0.3) is 17.1 Å². The highest BCUT2D eigenvalue weighted by molar-refractivity contribution is 7.15. The molecule has 3 heterocycles. The molecule has 0 amide bonds. The molecular formula is C15H13N3O2S. The van der Waals surface area contributed by atoms with Crippen LogP contribution in [0.5, 0.6) is 5.75 Å². The number of rotatable bonds is 4. The molecule has 0 saturated heterocycles. The van der Waals surface area contributed by atoms with Crippen molar-refractivity contribution < 1.29 is 4.74 Å². The van der Waals surface area contributed by atoms with Gasteiger partial charge in [-0.2, -0.15) is 0 Å². The van der Waals surface area contributed by atoms with Crippen LogP contribution in [0.4, 0.5) is 0 Å². The van der Waals surface area contributed by atoms with E-state index in [4.69, 9.17) is 4.74 Å². The number of ether oxygens (including phenoxy) is 1. The summed E-state index contributed by atoms with van der Waals surface area (Å²) in [6, 6.07) is 3.79. The van der Waals surface area contributed by atoms with Gasteiger partial charge in [-0.15, -0.1) is 11.3 Å². The molecular weight excluding hydrogens is 286 g/mol. The third kappa shape index (κ3) is 2.71. The fourth-order valence-electron chi connectivity index (χ4n) is 1.92. The largest absolute Gasteiger partial charge is 0.487 e. The zero-order valence-corrected chi connectivity index (χ0v) is 12.2. The number of nitrogens with zero attached hydrogens (tertiary/aromatic N) is 3. The first-order valence-corrected chi connectivity index (χ1v) is 7.38. The van der Waals surface area contributed by atoms with Crippen LogP contribution >= 0.6 is 11.3 Å². The molecule has 0 atom stereocenters. The van der Waals surface area contributed by atoms with Gasteiger partial charge in [-0.05, 0) is 24.6 Å². The minimum atomic E-state index is -0.186. The van der Waals surface area contributed by atoms with Crippen LogP contribution in [-0.4, -0.2) is 21.0 Å². The molecule has 0 radical (unpaired) electrons. The monoisotopic (exact) mass is 299 g/mol. The van der Waals surface area contributed by atoms with Crippen LogP contribution in [0, 0.1) is 0 Å². The smallest absolute Gasteiger partial charge is 0.301 e. The Hall–Kier alpha value is -2.47. The maximum absolute atomic E-state index is 12.4. The van der Waals surface area contributed by atoms with E-state index in [-0.39, 0.29) is 11.3 Å². The highest BCUT2D eigenvalue weighted by Crippen LogP contribution is 2.18. The lowest BCUT2D eigenvalue weighted by molar-refractivity contribution is 0.332. The van der Waals surface area contributed by atoms with Gasteiger partial charge in [0.05, 0.1) is 6.61 Å². The van der Waals surface area contributed by atoms with Gasteiger partial charge in [0, 0.05) is 24.0 Å². The van der Waals surface area contributed by atoms with E-state index in [9.17, 15) is 4.79 Å². The molecule has 0 unspecified atom stereocenters. The molecule has 0 N–H and O–H groups in total. The molecule has 3 aromatic heterocycles. The van der Waals surface area contributed by atoms with Gasteiger partial charge in [0.15, 0.2) is 4.96 Å². The third-order valence-corrected chi connectivity index (χ3v) is 3.61. The van der Waals surface area contributed by atoms with Crippen molar-refractivity contribution in [1.82, 2.24) is 14.4 Å². The number of thiazole rings is 1. The van der Waals surface area contributed by atoms with Crippen LogP contribution in [0.3, 0.4) is 0 Å². The van der Waals surface area contributed by atoms with Crippen LogP contribution < -0.4 is 10.3 Å². The van der Waals surface area contributed by atoms with Crippen LogP contribution in [0.15, 0.2) is 40.9 Å². The summed E-state index contributed by atoms with van der Waals surface area (Å²) in [6.07, 6.45) is 8.80. The van der Waals surface area contributed by atoms with E-state index in [1.54, 1.807) is 24.7 Å². The van der Waals surface area contributed by atoms with Gasteiger partial charge in [0.1, 0.15) is 5.69 Å². The zero-order chi connectivity index (χ0) is 14.7. The molecule has 0 aromatic carbocycles. The first-order chi connectivity index (χ1) is 10.3. The lowest BCUT2D eigenvalue weighted by atomic mass is 10.2. The molecule has 0 aliphatic heterocycles. The Kier molecular flexibility index (Phi) is 3.79. The first kappa shape index (κ1) is 13.5. The van der Waals surface area contributed by atoms with Crippen molar-refractivity contribution in [2.45, 2.75) is 6.92 Å². The zero-order valence-electron chi connectivity index (χ0n) is 11.4. The molecule has 0 spiro atoms. The summed E-state index contributed by atoms with van der Waals surface area (Å²) < 4.78 is 6.97. The quantitative estimate of drug-likeness (QED) is 0.743. The van der Waals surface area contributed by atoms with Crippen LogP contribution in [0.1, 0.15) is 18.2 Å². The van der Waals surface area contributed by atoms with Gasteiger partial charge >= 0.3 is 5.56 Å². The Balaban J connectivity index is 2.10. The SMILES string of the molecule is CCOc1c(C=Cc2cccnc2)nc2sccn2c1=O. The number of hydrogen-bond acceptors (Lipinski definition) is 5. The predicted molar refractivity (Wildman–Crippen MR) is 83.7 cm³/mol. The third-order valence-electron chi connectivity index (χ3n) is 2.86. The number of hydrogen-bond donors (Lipinski definition) is 0. The van der Waals surface area contributed by atoms with Crippen molar-refractivity contribution in [2.24, 2.45) is 0 Å². The Morgan fingerprint density at radius 2 is 2.33 bits per heavy atom. The topological polar surface area (TPSA) is 56.5 Å². The standard InChI is InChI=1S/C15H13N3O2S/c1-2-20-13-12(6-5-11-4-3-7-16-10-11)17-15-18(14(13)19)8-9-21-15/h3-10H,2H2,1H3. The molecule has 0 saturated carbocycles. The molecule has 3 rings (SSSR count). The van der Waals surface area contributed by atoms with E-state index in [1.165, 1.54) is 15.7 Å². The summed E-state index contributed by atoms with van der Waals surface area (Å²) >= 11 is 1.41. The van der Waals surface area contributed by atoms with Gasteiger partial charge in [0.25, 0.3) is 0 Å². The predicted octanol–water partition coefficient (Wildman–Crippen LogP) is 2.72. The Labute approximate surface area is 125 Å². The van der Waals surface area contributed by atoms with Gasteiger partial charge in [-0.25, -0.2) is 4.98 Å². The van der Waals surface area contributed by atoms with Crippen molar-refractivity contribution in [3.05, 3.63) is 57.7 Å². The molecule has 0 fully saturated rings. The molecule has 0 bridgehead atoms. The van der Waals surface area contributed by atoms with Gasteiger partial charge in [-0.1, -0.05) is 12.1 Å². The molecule has 3 aromatic rings. The first-order valence-electron chi connectivity index (χ1n) is 6.50. The van der Waals surface area contributed by atoms with Crippen molar-refractivity contribution >= 4 is 28.4 Å². The summed E-state index contributed by atoms with van der Waals surface area (Å²) in [5.74, 6) is 0.272. The maximum Gasteiger partial charge on any atom is 0.301 e. The van der Waals surface area contributed by atoms with Gasteiger partial charge in [0.2, 0.25) is 5.75 Å². The van der Waals surface area contributed by atoms with E-state index in [2.05, 4.69) is 9.97 Å². The fourth-order valence-corrected chi connectivity index (χ4v) is 2.64. The average molecular weight is 299 g/mol. The molecule has 0 aliphatic carbocycles. The maximum atomic E-state index is 12.4. The van der Waals surface area contributed by atoms with Crippen LogP contribution in [-0.2, 0) is 0 Å². The fraction of sp³-hybridized carbons (Fsp3) is 0.133. The molecule has 5 nitrogen and oxygen atoms in total. The van der Waals surface area contributed by atoms with E-state index in [0.717, 1.165) is 5.56 Å². The Bertz CT molecular complexity index is 837. The molecule has 106 valence electrons. The van der Waals surface area contributed by atoms with Gasteiger partial charge in [-0.3, -0.25) is 14.2 Å². The number of fused-ring (bicyclic) bond motifs is 1. The summed E-state index contributed by atoms with van der Waals surface area (Å²) in [7, 11) is 0. The second-order valence-electron chi connectivity index (χ2n) is 4.24. The summed E-state index contributed by atoms with van der Waals surface area (Å²) in [4.78, 5) is 21.5. The second kappa shape index (κ2) is 5.88. The lowest BCUT2D eigenvalue weighted by Gasteiger charge is -2.06. The van der Waals surface area contributed by atoms with E-state index in [0.29, 0.717) is 17.3 Å². The normalized spacial score (nSPS) is 11.3. The van der Waals surface area contributed by atoms with E-state index < -0.39 is 0 Å². The van der Waals surface area contributed by atoms with Crippen molar-refractivity contribution in [3.63, 3.8) is 0 Å². The minimum absolute atomic E-state index is 0.186. The van der Waals surface area contributed by atoms with Crippen LogP contribution in [0.2, 0.25) is 0 Å². The minimum Gasteiger partial charge on any atom is -0.487 e. The molecule has 6 heteroatoms. The summed E-state index contributed by atoms with van der Waals surface area (Å²) in [5, 5.41) is 1.83. The average Bonchev–Trinajstić information content (AvgIpc) is 2.98. The number of pyridine rings is 1. The Morgan fingerprint density at radius 1 is 1.43 bits per heavy atom. The van der Waals surface area contributed by atoms with Crippen molar-refractivity contribution in [3.8, 4) is 5.75 Å². The second-order valence-corrected chi connectivity index (χ2v) is 5.11. The molecule has 0 aliphatic rings. The number of aromatic nitrogens is 3. The van der Waals surface area contributed by atoms with Gasteiger partial charge < -0.3 is 4.74 Å². The lowest BCUT2D eigenvalue weighted by Crippen LogP contribution is -2.17. The van der Waals surface area contributed by atoms with E-state index >= 15 is 0 Å². The van der Waals surface area contributed by atoms with Crippen molar-refractivity contribution in [1.29, 1.82) is 0 Å². The van der Waals surface area contributed by atoms with Crippen molar-refractivity contribution in [2.75, 3.05) is 6.61 Å². The Morgan fingerprint density at radius 3 is 3.10 bits per heavy atom. The highest BCUT2D eigenvalue weighted by atomic mass is 32.1. The summed E-state index contributed by atoms with van der Waals surface area (Å²) in [5.41, 5.74) is 1.29. The summed E-state index contributed by atoms with van der Waals surface area (Å²) in [6.45, 7) is 2.26.